The summed E-state index contributed by atoms with van der Waals surface area (Å²) in [5, 5.41) is 34.5. The highest BCUT2D eigenvalue weighted by molar-refractivity contribution is 6.13. The van der Waals surface area contributed by atoms with E-state index in [9.17, 15) is 19.2 Å². The fourth-order valence-electron chi connectivity index (χ4n) is 0.985. The van der Waals surface area contributed by atoms with Crippen LogP contribution in [0.1, 0.15) is 6.92 Å². The number of carboxylic acids is 3. The monoisotopic (exact) mass is 220 g/mol. The lowest BCUT2D eigenvalue weighted by Crippen LogP contribution is -2.57. The van der Waals surface area contributed by atoms with Crippen LogP contribution in [0.15, 0.2) is 0 Å². The largest absolute Gasteiger partial charge is 0.481 e. The number of carbonyl (C=O) groups excluding carboxylic acids is 1. The summed E-state index contributed by atoms with van der Waals surface area (Å²) in [5.41, 5.74) is -3.66. The molecular formula is C7H8O8. The van der Waals surface area contributed by atoms with Crippen LogP contribution in [0.2, 0.25) is 0 Å². The first-order valence-corrected chi connectivity index (χ1v) is 3.58. The van der Waals surface area contributed by atoms with Crippen molar-refractivity contribution in [1.82, 2.24) is 0 Å². The molecule has 0 heterocycles. The molecule has 1 atom stereocenters. The summed E-state index contributed by atoms with van der Waals surface area (Å²) in [4.78, 5) is 42.2. The first-order chi connectivity index (χ1) is 6.65. The van der Waals surface area contributed by atoms with Crippen molar-refractivity contribution in [2.45, 2.75) is 12.5 Å². The van der Waals surface area contributed by atoms with Gasteiger partial charge in [0.05, 0.1) is 0 Å². The Morgan fingerprint density at radius 2 is 1.33 bits per heavy atom. The highest BCUT2D eigenvalue weighted by Gasteiger charge is 2.57. The minimum atomic E-state index is -3.66. The van der Waals surface area contributed by atoms with Crippen LogP contribution >= 0.6 is 0 Å². The molecule has 0 saturated heterocycles. The van der Waals surface area contributed by atoms with Crippen molar-refractivity contribution in [2.75, 3.05) is 0 Å². The maximum absolute atomic E-state index is 10.8. The predicted octanol–water partition coefficient (Wildman–Crippen LogP) is -1.82. The molecule has 0 bridgehead atoms. The van der Waals surface area contributed by atoms with Crippen LogP contribution in [-0.2, 0) is 19.2 Å². The van der Waals surface area contributed by atoms with Gasteiger partial charge in [-0.15, -0.1) is 0 Å². The van der Waals surface area contributed by atoms with Gasteiger partial charge in [0, 0.05) is 0 Å². The average molecular weight is 220 g/mol. The summed E-state index contributed by atoms with van der Waals surface area (Å²) in [7, 11) is 0. The molecule has 0 rings (SSSR count). The predicted molar refractivity (Wildman–Crippen MR) is 42.0 cm³/mol. The number of Topliss-reactive ketones (excluding diaryl/α,β-unsaturated/α-hetero) is 1. The van der Waals surface area contributed by atoms with Gasteiger partial charge in [-0.3, -0.25) is 9.59 Å². The number of rotatable bonds is 5. The quantitative estimate of drug-likeness (QED) is 0.395. The summed E-state index contributed by atoms with van der Waals surface area (Å²) in [6.07, 6.45) is 0. The van der Waals surface area contributed by atoms with E-state index in [1.54, 1.807) is 0 Å². The minimum absolute atomic E-state index is 0.676. The fraction of sp³-hybridized carbons (Fsp3) is 0.429. The lowest BCUT2D eigenvalue weighted by atomic mass is 9.84. The molecule has 15 heavy (non-hydrogen) atoms. The number of aliphatic carboxylic acids is 3. The van der Waals surface area contributed by atoms with Crippen molar-refractivity contribution in [2.24, 2.45) is 5.92 Å². The van der Waals surface area contributed by atoms with Crippen molar-refractivity contribution in [3.8, 4) is 0 Å². The molecule has 0 radical (unpaired) electrons. The van der Waals surface area contributed by atoms with Crippen LogP contribution in [0.5, 0.6) is 0 Å². The number of aliphatic hydroxyl groups is 1. The number of hydrogen-bond acceptors (Lipinski definition) is 5. The van der Waals surface area contributed by atoms with Crippen molar-refractivity contribution in [1.29, 1.82) is 0 Å². The van der Waals surface area contributed by atoms with Gasteiger partial charge in [0.2, 0.25) is 0 Å². The second kappa shape index (κ2) is 4.05. The van der Waals surface area contributed by atoms with E-state index in [0.29, 0.717) is 6.92 Å². The third-order valence-electron chi connectivity index (χ3n) is 1.72. The Morgan fingerprint density at radius 3 is 1.40 bits per heavy atom. The zero-order valence-corrected chi connectivity index (χ0v) is 7.50. The Bertz CT molecular complexity index is 302. The van der Waals surface area contributed by atoms with Gasteiger partial charge in [0.25, 0.3) is 5.60 Å². The van der Waals surface area contributed by atoms with E-state index in [2.05, 4.69) is 0 Å². The average Bonchev–Trinajstić information content (AvgIpc) is 2.01. The zero-order chi connectivity index (χ0) is 12.4. The molecule has 0 aromatic carbocycles. The van der Waals surface area contributed by atoms with E-state index in [-0.39, 0.29) is 0 Å². The SMILES string of the molecule is CC(=O)C(C(=O)O)C(O)(C(=O)O)C(=O)O. The number of hydrogen-bond donors (Lipinski definition) is 4. The Morgan fingerprint density at radius 1 is 1.00 bits per heavy atom. The van der Waals surface area contributed by atoms with Gasteiger partial charge in [-0.2, -0.15) is 0 Å². The Kier molecular flexibility index (Phi) is 3.52. The lowest BCUT2D eigenvalue weighted by molar-refractivity contribution is -0.189. The Balaban J connectivity index is 5.59. The summed E-state index contributed by atoms with van der Waals surface area (Å²) in [6, 6.07) is 0. The number of carboxylic acid groups (broad SMARTS) is 3. The molecule has 0 aliphatic carbocycles. The Labute approximate surface area is 82.8 Å². The van der Waals surface area contributed by atoms with Gasteiger partial charge in [-0.25, -0.2) is 9.59 Å². The van der Waals surface area contributed by atoms with Crippen molar-refractivity contribution >= 4 is 23.7 Å². The highest BCUT2D eigenvalue weighted by atomic mass is 16.5. The molecule has 0 saturated carbocycles. The molecule has 0 aromatic rings. The van der Waals surface area contributed by atoms with E-state index in [0.717, 1.165) is 0 Å². The normalized spacial score (nSPS) is 12.9. The number of ketones is 1. The highest BCUT2D eigenvalue weighted by Crippen LogP contribution is 2.20. The molecule has 0 aliphatic heterocycles. The molecule has 0 fully saturated rings. The second-order valence-electron chi connectivity index (χ2n) is 2.76. The van der Waals surface area contributed by atoms with Crippen molar-refractivity contribution < 1.29 is 39.6 Å². The van der Waals surface area contributed by atoms with Crippen LogP contribution < -0.4 is 0 Å². The maximum atomic E-state index is 10.8. The van der Waals surface area contributed by atoms with Gasteiger partial charge in [0.1, 0.15) is 5.78 Å². The van der Waals surface area contributed by atoms with Gasteiger partial charge in [-0.1, -0.05) is 0 Å². The molecule has 8 nitrogen and oxygen atoms in total. The molecule has 0 spiro atoms. The zero-order valence-electron chi connectivity index (χ0n) is 7.50. The topological polar surface area (TPSA) is 149 Å². The first-order valence-electron chi connectivity index (χ1n) is 3.58. The summed E-state index contributed by atoms with van der Waals surface area (Å²) >= 11 is 0. The smallest absolute Gasteiger partial charge is 0.349 e. The third kappa shape index (κ3) is 2.10. The summed E-state index contributed by atoms with van der Waals surface area (Å²) in [6.45, 7) is 0.676. The minimum Gasteiger partial charge on any atom is -0.481 e. The standard InChI is InChI=1S/C7H8O8/c1-2(8)3(4(9)10)7(15,5(11)12)6(13)14/h3,15H,1H3,(H,9,10)(H,11,12)(H,13,14). The molecule has 4 N–H and O–H groups in total. The molecule has 8 heteroatoms. The molecule has 84 valence electrons. The lowest BCUT2D eigenvalue weighted by Gasteiger charge is -2.23. The second-order valence-corrected chi connectivity index (χ2v) is 2.76. The molecular weight excluding hydrogens is 212 g/mol. The van der Waals surface area contributed by atoms with E-state index >= 15 is 0 Å². The van der Waals surface area contributed by atoms with E-state index in [1.165, 1.54) is 0 Å². The van der Waals surface area contributed by atoms with Crippen LogP contribution in [0.25, 0.3) is 0 Å². The van der Waals surface area contributed by atoms with Crippen molar-refractivity contribution in [3.63, 3.8) is 0 Å². The van der Waals surface area contributed by atoms with Crippen LogP contribution in [-0.4, -0.2) is 49.7 Å². The first kappa shape index (κ1) is 13.0. The van der Waals surface area contributed by atoms with E-state index < -0.39 is 35.2 Å². The maximum Gasteiger partial charge on any atom is 0.349 e. The molecule has 1 unspecified atom stereocenters. The van der Waals surface area contributed by atoms with E-state index in [4.69, 9.17) is 20.4 Å². The molecule has 0 amide bonds. The molecule has 0 aromatic heterocycles. The van der Waals surface area contributed by atoms with Crippen LogP contribution in [0.4, 0.5) is 0 Å². The summed E-state index contributed by atoms with van der Waals surface area (Å²) in [5.74, 6) is -10.5. The van der Waals surface area contributed by atoms with Crippen LogP contribution in [0.3, 0.4) is 0 Å². The Hall–Kier alpha value is -1.96. The van der Waals surface area contributed by atoms with Crippen molar-refractivity contribution in [3.05, 3.63) is 0 Å². The third-order valence-corrected chi connectivity index (χ3v) is 1.72. The molecule has 0 aliphatic rings. The van der Waals surface area contributed by atoms with Gasteiger partial charge in [0.15, 0.2) is 5.92 Å². The van der Waals surface area contributed by atoms with Gasteiger partial charge >= 0.3 is 17.9 Å². The van der Waals surface area contributed by atoms with Gasteiger partial charge < -0.3 is 20.4 Å². The van der Waals surface area contributed by atoms with Crippen LogP contribution in [0, 0.1) is 5.92 Å². The van der Waals surface area contributed by atoms with Gasteiger partial charge in [-0.05, 0) is 6.92 Å². The fourth-order valence-corrected chi connectivity index (χ4v) is 0.985. The summed E-state index contributed by atoms with van der Waals surface area (Å²) < 4.78 is 0. The number of carbonyl (C=O) groups is 4. The van der Waals surface area contributed by atoms with E-state index in [1.807, 2.05) is 0 Å².